The van der Waals surface area contributed by atoms with Crippen LogP contribution in [0.25, 0.3) is 0 Å². The molecule has 2 aromatic rings. The lowest BCUT2D eigenvalue weighted by Gasteiger charge is -2.10. The Morgan fingerprint density at radius 2 is 2.00 bits per heavy atom. The first-order chi connectivity index (χ1) is 9.13. The van der Waals surface area contributed by atoms with Crippen LogP contribution in [-0.4, -0.2) is 24.0 Å². The van der Waals surface area contributed by atoms with Gasteiger partial charge in [-0.3, -0.25) is 4.68 Å². The molecule has 1 aromatic carbocycles. The van der Waals surface area contributed by atoms with Crippen LogP contribution in [0.1, 0.15) is 11.3 Å². The average molecular weight is 261 g/mol. The van der Waals surface area contributed by atoms with Crippen molar-refractivity contribution in [2.45, 2.75) is 13.5 Å². The van der Waals surface area contributed by atoms with E-state index in [-0.39, 0.29) is 0 Å². The minimum absolute atomic E-state index is 0.656. The molecule has 1 aromatic heterocycles. The summed E-state index contributed by atoms with van der Waals surface area (Å²) in [5.74, 6) is 2.45. The predicted molar refractivity (Wildman–Crippen MR) is 74.8 cm³/mol. The molecule has 2 rings (SSSR count). The molecule has 1 N–H and O–H groups in total. The monoisotopic (exact) mass is 261 g/mol. The van der Waals surface area contributed by atoms with Gasteiger partial charge in [0, 0.05) is 37.0 Å². The van der Waals surface area contributed by atoms with E-state index in [1.165, 1.54) is 0 Å². The van der Waals surface area contributed by atoms with Crippen molar-refractivity contribution in [3.8, 4) is 11.5 Å². The van der Waals surface area contributed by atoms with Gasteiger partial charge >= 0.3 is 0 Å². The molecule has 0 unspecified atom stereocenters. The Morgan fingerprint density at radius 1 is 1.21 bits per heavy atom. The second-order valence-electron chi connectivity index (χ2n) is 4.33. The topological polar surface area (TPSA) is 48.3 Å². The van der Waals surface area contributed by atoms with Crippen molar-refractivity contribution in [2.75, 3.05) is 19.5 Å². The van der Waals surface area contributed by atoms with Gasteiger partial charge in [-0.25, -0.2) is 0 Å². The first-order valence-electron chi connectivity index (χ1n) is 6.09. The molecule has 0 saturated heterocycles. The predicted octanol–water partition coefficient (Wildman–Crippen LogP) is 2.36. The molecule has 0 amide bonds. The Balaban J connectivity index is 2.10. The maximum atomic E-state index is 5.36. The highest BCUT2D eigenvalue weighted by Crippen LogP contribution is 2.25. The van der Waals surface area contributed by atoms with Crippen molar-refractivity contribution in [1.29, 1.82) is 0 Å². The first kappa shape index (κ1) is 13.3. The first-order valence-corrected chi connectivity index (χ1v) is 6.09. The van der Waals surface area contributed by atoms with E-state index < -0.39 is 0 Å². The molecule has 0 saturated carbocycles. The summed E-state index contributed by atoms with van der Waals surface area (Å²) in [6.45, 7) is 2.68. The van der Waals surface area contributed by atoms with Crippen LogP contribution in [0, 0.1) is 6.92 Å². The van der Waals surface area contributed by atoms with Crippen molar-refractivity contribution in [3.63, 3.8) is 0 Å². The minimum Gasteiger partial charge on any atom is -0.497 e. The molecular formula is C14H19N3O2. The van der Waals surface area contributed by atoms with Crippen LogP contribution in [0.2, 0.25) is 0 Å². The van der Waals surface area contributed by atoms with Gasteiger partial charge in [0.15, 0.2) is 0 Å². The van der Waals surface area contributed by atoms with Crippen molar-refractivity contribution in [3.05, 3.63) is 35.5 Å². The lowest BCUT2D eigenvalue weighted by Crippen LogP contribution is -2.03. The highest BCUT2D eigenvalue weighted by atomic mass is 16.5. The number of benzene rings is 1. The van der Waals surface area contributed by atoms with E-state index in [4.69, 9.17) is 9.47 Å². The van der Waals surface area contributed by atoms with E-state index in [1.54, 1.807) is 14.2 Å². The molecule has 0 atom stereocenters. The number of hydrogen-bond donors (Lipinski definition) is 1. The number of aromatic nitrogens is 2. The van der Waals surface area contributed by atoms with Crippen molar-refractivity contribution < 1.29 is 9.47 Å². The Morgan fingerprint density at radius 3 is 2.58 bits per heavy atom. The standard InChI is InChI=1S/C14H19N3O2/c1-10-7-14(16-17(10)2)15-9-11-5-6-12(18-3)8-13(11)19-4/h5-8H,9H2,1-4H3,(H,15,16). The van der Waals surface area contributed by atoms with Crippen LogP contribution in [0.4, 0.5) is 5.82 Å². The normalized spacial score (nSPS) is 10.3. The maximum absolute atomic E-state index is 5.36. The lowest BCUT2D eigenvalue weighted by atomic mass is 10.2. The third kappa shape index (κ3) is 2.99. The number of nitrogens with zero attached hydrogens (tertiary/aromatic N) is 2. The van der Waals surface area contributed by atoms with Crippen LogP contribution in [0.3, 0.4) is 0 Å². The Labute approximate surface area is 113 Å². The molecule has 0 radical (unpaired) electrons. The Kier molecular flexibility index (Phi) is 3.94. The van der Waals surface area contributed by atoms with Gasteiger partial charge in [0.1, 0.15) is 17.3 Å². The molecule has 0 spiro atoms. The van der Waals surface area contributed by atoms with Gasteiger partial charge in [-0.15, -0.1) is 0 Å². The third-order valence-electron chi connectivity index (χ3n) is 3.07. The summed E-state index contributed by atoms with van der Waals surface area (Å²) in [6, 6.07) is 7.79. The number of hydrogen-bond acceptors (Lipinski definition) is 4. The zero-order chi connectivity index (χ0) is 13.8. The molecule has 102 valence electrons. The van der Waals surface area contributed by atoms with Gasteiger partial charge in [-0.05, 0) is 19.1 Å². The quantitative estimate of drug-likeness (QED) is 0.897. The van der Waals surface area contributed by atoms with Crippen LogP contribution >= 0.6 is 0 Å². The van der Waals surface area contributed by atoms with E-state index in [2.05, 4.69) is 10.4 Å². The fraction of sp³-hybridized carbons (Fsp3) is 0.357. The number of methoxy groups -OCH3 is 2. The summed E-state index contributed by atoms with van der Waals surface area (Å²) in [7, 11) is 5.22. The van der Waals surface area contributed by atoms with E-state index in [9.17, 15) is 0 Å². The molecule has 1 heterocycles. The Bertz CT molecular complexity index is 544. The zero-order valence-corrected chi connectivity index (χ0v) is 11.7. The minimum atomic E-state index is 0.656. The Hall–Kier alpha value is -2.17. The van der Waals surface area contributed by atoms with E-state index in [0.29, 0.717) is 6.54 Å². The molecule has 5 nitrogen and oxygen atoms in total. The summed E-state index contributed by atoms with van der Waals surface area (Å²) in [6.07, 6.45) is 0. The van der Waals surface area contributed by atoms with E-state index in [1.807, 2.05) is 42.9 Å². The number of aryl methyl sites for hydroxylation is 2. The van der Waals surface area contributed by atoms with Crippen molar-refractivity contribution >= 4 is 5.82 Å². The van der Waals surface area contributed by atoms with E-state index >= 15 is 0 Å². The van der Waals surface area contributed by atoms with Gasteiger partial charge in [0.2, 0.25) is 0 Å². The van der Waals surface area contributed by atoms with Gasteiger partial charge in [0.05, 0.1) is 14.2 Å². The van der Waals surface area contributed by atoms with Crippen LogP contribution in [0.5, 0.6) is 11.5 Å². The van der Waals surface area contributed by atoms with Gasteiger partial charge in [0.25, 0.3) is 0 Å². The summed E-state index contributed by atoms with van der Waals surface area (Å²) in [4.78, 5) is 0. The molecule has 5 heteroatoms. The zero-order valence-electron chi connectivity index (χ0n) is 11.7. The largest absolute Gasteiger partial charge is 0.497 e. The second-order valence-corrected chi connectivity index (χ2v) is 4.33. The van der Waals surface area contributed by atoms with E-state index in [0.717, 1.165) is 28.6 Å². The highest BCUT2D eigenvalue weighted by Gasteiger charge is 2.06. The van der Waals surface area contributed by atoms with Gasteiger partial charge in [-0.2, -0.15) is 5.10 Å². The SMILES string of the molecule is COc1ccc(CNc2cc(C)n(C)n2)c(OC)c1. The van der Waals surface area contributed by atoms with Gasteiger partial charge < -0.3 is 14.8 Å². The summed E-state index contributed by atoms with van der Waals surface area (Å²) in [5, 5.41) is 7.64. The smallest absolute Gasteiger partial charge is 0.148 e. The fourth-order valence-corrected chi connectivity index (χ4v) is 1.83. The fourth-order valence-electron chi connectivity index (χ4n) is 1.83. The number of anilines is 1. The lowest BCUT2D eigenvalue weighted by molar-refractivity contribution is 0.391. The summed E-state index contributed by atoms with van der Waals surface area (Å²) < 4.78 is 12.4. The molecular weight excluding hydrogens is 242 g/mol. The number of nitrogens with one attached hydrogen (secondary N) is 1. The maximum Gasteiger partial charge on any atom is 0.148 e. The van der Waals surface area contributed by atoms with Crippen LogP contribution in [-0.2, 0) is 13.6 Å². The van der Waals surface area contributed by atoms with Gasteiger partial charge in [-0.1, -0.05) is 0 Å². The van der Waals surface area contributed by atoms with Crippen molar-refractivity contribution in [2.24, 2.45) is 7.05 Å². The molecule has 0 bridgehead atoms. The highest BCUT2D eigenvalue weighted by molar-refractivity contribution is 5.44. The van der Waals surface area contributed by atoms with Crippen LogP contribution < -0.4 is 14.8 Å². The molecule has 0 fully saturated rings. The number of ether oxygens (including phenoxy) is 2. The van der Waals surface area contributed by atoms with Crippen LogP contribution in [0.15, 0.2) is 24.3 Å². The summed E-state index contributed by atoms with van der Waals surface area (Å²) in [5.41, 5.74) is 2.18. The molecule has 0 aliphatic rings. The third-order valence-corrected chi connectivity index (χ3v) is 3.07. The second kappa shape index (κ2) is 5.65. The number of rotatable bonds is 5. The molecule has 0 aliphatic heterocycles. The molecule has 0 aliphatic carbocycles. The average Bonchev–Trinajstić information content (AvgIpc) is 2.75. The summed E-state index contributed by atoms with van der Waals surface area (Å²) >= 11 is 0. The molecule has 19 heavy (non-hydrogen) atoms. The van der Waals surface area contributed by atoms with Crippen molar-refractivity contribution in [1.82, 2.24) is 9.78 Å².